The highest BCUT2D eigenvalue weighted by molar-refractivity contribution is 8.00. The molecule has 9 amide bonds. The van der Waals surface area contributed by atoms with Crippen LogP contribution in [0.4, 0.5) is 0 Å². The number of nitrogens with one attached hydrogen (secondary N) is 8. The van der Waals surface area contributed by atoms with E-state index in [1.807, 2.05) is 0 Å². The second-order valence-electron chi connectivity index (χ2n) is 18.3. The van der Waals surface area contributed by atoms with Gasteiger partial charge in [0.05, 0.1) is 62.3 Å². The van der Waals surface area contributed by atoms with E-state index in [0.29, 0.717) is 58.2 Å². The van der Waals surface area contributed by atoms with Crippen molar-refractivity contribution >= 4 is 70.9 Å². The second kappa shape index (κ2) is 32.8. The number of rotatable bonds is 34. The normalized spacial score (nSPS) is 21.6. The van der Waals surface area contributed by atoms with Gasteiger partial charge in [-0.05, 0) is 76.7 Å². The number of carboxylic acid groups (broad SMARTS) is 1. The van der Waals surface area contributed by atoms with Gasteiger partial charge >= 0.3 is 5.97 Å². The first kappa shape index (κ1) is 62.1. The van der Waals surface area contributed by atoms with Gasteiger partial charge in [-0.25, -0.2) is 4.79 Å². The number of imide groups is 1. The van der Waals surface area contributed by atoms with Crippen LogP contribution in [-0.2, 0) is 47.9 Å². The lowest BCUT2D eigenvalue weighted by molar-refractivity contribution is -0.368. The average Bonchev–Trinajstić information content (AvgIpc) is 3.58. The molecule has 404 valence electrons. The number of carbonyl (C=O) groups is 10. The molecule has 2 fully saturated rings. The predicted octanol–water partition coefficient (Wildman–Crippen LogP) is -7.06. The number of aliphatic hydroxyl groups excluding tert-OH is 4. The van der Waals surface area contributed by atoms with Crippen molar-refractivity contribution in [1.29, 1.82) is 0 Å². The van der Waals surface area contributed by atoms with E-state index in [1.54, 1.807) is 13.8 Å². The SMILES string of the molecule is CC(=O)NC(CSC1CC(=O)N(CCCCN[C@H]2C(O)C[C@H](CO)[C@@H](O)[C@@H]2O)C1=O)C(=O)NC(CCCC[NH3+])C(=O)NCC(=O)NCC(=O)NCC(=O)NC(CCCC[NH3+])C(=O)NC(CC(C)C)C(=O)O. The summed E-state index contributed by atoms with van der Waals surface area (Å²) in [5.41, 5.74) is 7.54. The van der Waals surface area contributed by atoms with E-state index < -0.39 is 138 Å². The zero-order chi connectivity index (χ0) is 53.2. The summed E-state index contributed by atoms with van der Waals surface area (Å²) in [7, 11) is 0. The molecule has 0 aromatic heterocycles. The highest BCUT2D eigenvalue weighted by Crippen LogP contribution is 2.27. The van der Waals surface area contributed by atoms with Crippen LogP contribution in [0.3, 0.4) is 0 Å². The van der Waals surface area contributed by atoms with Gasteiger partial charge in [0.1, 0.15) is 24.2 Å². The highest BCUT2D eigenvalue weighted by atomic mass is 32.2. The Morgan fingerprint density at radius 1 is 0.704 bits per heavy atom. The summed E-state index contributed by atoms with van der Waals surface area (Å²) in [5, 5.41) is 69.2. The number of amides is 9. The molecule has 1 saturated carbocycles. The third kappa shape index (κ3) is 22.5. The first-order valence-corrected chi connectivity index (χ1v) is 25.3. The molecule has 0 aromatic carbocycles. The number of quaternary nitrogens is 2. The molecule has 0 bridgehead atoms. The number of likely N-dealkylation sites (tertiary alicyclic amines) is 1. The number of carbonyl (C=O) groups excluding carboxylic acids is 9. The van der Waals surface area contributed by atoms with E-state index in [0.717, 1.165) is 16.7 Å². The molecule has 1 aliphatic heterocycles. The van der Waals surface area contributed by atoms with Crippen molar-refractivity contribution < 1.29 is 84.9 Å². The molecule has 19 N–H and O–H groups in total. The molecule has 27 heteroatoms. The molecule has 0 aromatic rings. The Labute approximate surface area is 417 Å². The maximum absolute atomic E-state index is 13.6. The van der Waals surface area contributed by atoms with Crippen LogP contribution in [0.15, 0.2) is 0 Å². The molecular weight excluding hydrogens is 955 g/mol. The average molecular weight is 1030 g/mol. The third-order valence-corrected chi connectivity index (χ3v) is 13.1. The Morgan fingerprint density at radius 2 is 1.27 bits per heavy atom. The summed E-state index contributed by atoms with van der Waals surface area (Å²) >= 11 is 0.988. The number of aliphatic carboxylic acids is 1. The lowest BCUT2D eigenvalue weighted by atomic mass is 9.80. The molecule has 1 heterocycles. The monoisotopic (exact) mass is 1030 g/mol. The molecule has 71 heavy (non-hydrogen) atoms. The van der Waals surface area contributed by atoms with Crippen LogP contribution in [0.1, 0.15) is 91.4 Å². The van der Waals surface area contributed by atoms with Crippen molar-refractivity contribution in [1.82, 2.24) is 47.4 Å². The minimum atomic E-state index is -1.30. The molecule has 2 rings (SSSR count). The van der Waals surface area contributed by atoms with Crippen molar-refractivity contribution in [3.63, 3.8) is 0 Å². The van der Waals surface area contributed by atoms with Crippen molar-refractivity contribution in [2.75, 3.05) is 58.2 Å². The Kier molecular flexibility index (Phi) is 28.7. The maximum atomic E-state index is 13.6. The zero-order valence-electron chi connectivity index (χ0n) is 41.1. The molecule has 6 unspecified atom stereocenters. The zero-order valence-corrected chi connectivity index (χ0v) is 41.9. The lowest BCUT2D eigenvalue weighted by Crippen LogP contribution is -2.60. The molecule has 2 aliphatic rings. The number of aliphatic hydroxyl groups is 4. The minimum Gasteiger partial charge on any atom is -0.480 e. The number of nitrogens with zero attached hydrogens (tertiary/aromatic N) is 1. The fraction of sp³-hybridized carbons (Fsp3) is 0.773. The van der Waals surface area contributed by atoms with Gasteiger partial charge in [0.15, 0.2) is 0 Å². The fourth-order valence-electron chi connectivity index (χ4n) is 7.92. The quantitative estimate of drug-likeness (QED) is 0.0210. The number of carboxylic acids is 1. The summed E-state index contributed by atoms with van der Waals surface area (Å²) in [6, 6.07) is -5.47. The molecule has 0 spiro atoms. The molecule has 1 aliphatic carbocycles. The van der Waals surface area contributed by atoms with E-state index in [9.17, 15) is 73.5 Å². The maximum Gasteiger partial charge on any atom is 0.326 e. The summed E-state index contributed by atoms with van der Waals surface area (Å²) in [6.07, 6.45) is 0.00182. The van der Waals surface area contributed by atoms with Gasteiger partial charge in [-0.1, -0.05) is 13.8 Å². The number of unbranched alkanes of at least 4 members (excludes halogenated alkanes) is 3. The number of hydrogen-bond acceptors (Lipinski definition) is 16. The lowest BCUT2D eigenvalue weighted by Gasteiger charge is -2.40. The Morgan fingerprint density at radius 3 is 1.83 bits per heavy atom. The van der Waals surface area contributed by atoms with Crippen LogP contribution in [0, 0.1) is 11.8 Å². The Bertz CT molecular complexity index is 1800. The largest absolute Gasteiger partial charge is 0.480 e. The van der Waals surface area contributed by atoms with Crippen molar-refractivity contribution in [3.8, 4) is 0 Å². The summed E-state index contributed by atoms with van der Waals surface area (Å²) in [6.45, 7) is 4.15. The van der Waals surface area contributed by atoms with Gasteiger partial charge in [-0.15, -0.1) is 11.8 Å². The molecule has 0 radical (unpaired) electrons. The number of thioether (sulfide) groups is 1. The van der Waals surface area contributed by atoms with Crippen LogP contribution >= 0.6 is 11.8 Å². The highest BCUT2D eigenvalue weighted by Gasteiger charge is 2.43. The van der Waals surface area contributed by atoms with Gasteiger partial charge in [-0.3, -0.25) is 48.1 Å². The fourth-order valence-corrected chi connectivity index (χ4v) is 9.11. The molecular formula is C44H79N11O15S+2. The van der Waals surface area contributed by atoms with E-state index >= 15 is 0 Å². The van der Waals surface area contributed by atoms with Gasteiger partial charge in [0.2, 0.25) is 53.2 Å². The van der Waals surface area contributed by atoms with E-state index in [-0.39, 0.29) is 56.9 Å². The first-order valence-electron chi connectivity index (χ1n) is 24.3. The summed E-state index contributed by atoms with van der Waals surface area (Å²) < 4.78 is 0. The summed E-state index contributed by atoms with van der Waals surface area (Å²) in [4.78, 5) is 129. The van der Waals surface area contributed by atoms with E-state index in [2.05, 4.69) is 54.0 Å². The number of hydrogen-bond donors (Lipinski definition) is 15. The van der Waals surface area contributed by atoms with Crippen molar-refractivity contribution in [3.05, 3.63) is 0 Å². The predicted molar refractivity (Wildman–Crippen MR) is 255 cm³/mol. The molecule has 1 saturated heterocycles. The Hall–Kier alpha value is -5.03. The van der Waals surface area contributed by atoms with Gasteiger partial charge in [-0.2, -0.15) is 0 Å². The third-order valence-electron chi connectivity index (χ3n) is 11.9. The van der Waals surface area contributed by atoms with E-state index in [1.165, 1.54) is 6.92 Å². The minimum absolute atomic E-state index is 0.0297. The van der Waals surface area contributed by atoms with Gasteiger partial charge in [0.25, 0.3) is 0 Å². The molecule has 10 atom stereocenters. The standard InChI is InChI=1S/C44H77N11O15S/c1-24(2)16-29(44(69)70)54-41(66)28(11-5-7-13-46)52-35(61)21-49-33(59)19-48-34(60)20-50-40(65)27(10-4-6-12-45)53-42(67)30(51-25(3)57)23-71-32-18-36(62)55(43(32)68)15-9-8-14-47-37-31(58)17-26(22-56)38(63)39(37)64/h24,26-32,37-39,47,56,58,63-64H,4-23,45-46H2,1-3H3,(H,48,60)(H,49,59)(H,50,65)(H,51,57)(H,52,61)(H,53,67)(H,54,66)(H,69,70)/p+2/t26-,27?,28?,29?,30?,31?,32?,37+,38-,39-/m1/s1. The Balaban J connectivity index is 1.89. The smallest absolute Gasteiger partial charge is 0.326 e. The summed E-state index contributed by atoms with van der Waals surface area (Å²) in [5.74, 6) is -8.01. The first-order chi connectivity index (χ1) is 33.6. The second-order valence-corrected chi connectivity index (χ2v) is 19.5. The molecule has 26 nitrogen and oxygen atoms in total. The van der Waals surface area contributed by atoms with Crippen LogP contribution in [-0.4, -0.2) is 202 Å². The van der Waals surface area contributed by atoms with Gasteiger partial charge in [0, 0.05) is 38.2 Å². The van der Waals surface area contributed by atoms with Crippen molar-refractivity contribution in [2.24, 2.45) is 11.8 Å². The van der Waals surface area contributed by atoms with Crippen molar-refractivity contribution in [2.45, 2.75) is 145 Å². The van der Waals surface area contributed by atoms with Crippen LogP contribution in [0.2, 0.25) is 0 Å². The van der Waals surface area contributed by atoms with Crippen LogP contribution in [0.25, 0.3) is 0 Å². The van der Waals surface area contributed by atoms with Crippen LogP contribution in [0.5, 0.6) is 0 Å². The van der Waals surface area contributed by atoms with Crippen LogP contribution < -0.4 is 54.0 Å². The van der Waals surface area contributed by atoms with E-state index in [4.69, 9.17) is 0 Å². The van der Waals surface area contributed by atoms with Gasteiger partial charge < -0.3 is 79.5 Å². The topological polar surface area (TPSA) is 427 Å².